The monoisotopic (exact) mass is 277 g/mol. The molecule has 5 heteroatoms. The summed E-state index contributed by atoms with van der Waals surface area (Å²) in [6.45, 7) is 5.34. The number of rotatable bonds is 3. The molecule has 0 aliphatic carbocycles. The van der Waals surface area contributed by atoms with Gasteiger partial charge >= 0.3 is 6.09 Å². The molecule has 1 aliphatic heterocycles. The zero-order valence-electron chi connectivity index (χ0n) is 12.0. The number of nitrogens with zero attached hydrogens (tertiary/aromatic N) is 1. The molecule has 1 aromatic carbocycles. The van der Waals surface area contributed by atoms with Crippen LogP contribution in [0.3, 0.4) is 0 Å². The minimum absolute atomic E-state index is 0.104. The average Bonchev–Trinajstić information content (AvgIpc) is 2.73. The van der Waals surface area contributed by atoms with E-state index in [1.54, 1.807) is 13.8 Å². The maximum atomic E-state index is 12.2. The van der Waals surface area contributed by atoms with Crippen LogP contribution in [0.1, 0.15) is 26.3 Å². The summed E-state index contributed by atoms with van der Waals surface area (Å²) in [5.41, 5.74) is 0.0718. The molecule has 5 nitrogen and oxygen atoms in total. The summed E-state index contributed by atoms with van der Waals surface area (Å²) in [5.74, 6) is -0.104. The van der Waals surface area contributed by atoms with Crippen molar-refractivity contribution in [2.75, 3.05) is 6.61 Å². The molecule has 1 fully saturated rings. The highest BCUT2D eigenvalue weighted by Gasteiger charge is 2.46. The first-order chi connectivity index (χ1) is 9.42. The number of hydrogen-bond donors (Lipinski definition) is 0. The summed E-state index contributed by atoms with van der Waals surface area (Å²) in [6.07, 6.45) is -0.531. The van der Waals surface area contributed by atoms with E-state index in [1.807, 2.05) is 30.3 Å². The Labute approximate surface area is 118 Å². The van der Waals surface area contributed by atoms with Crippen molar-refractivity contribution >= 4 is 11.9 Å². The van der Waals surface area contributed by atoms with Crippen LogP contribution in [-0.2, 0) is 20.9 Å². The van der Waals surface area contributed by atoms with E-state index in [2.05, 4.69) is 0 Å². The maximum absolute atomic E-state index is 12.2. The van der Waals surface area contributed by atoms with E-state index in [-0.39, 0.29) is 19.0 Å². The molecular weight excluding hydrogens is 258 g/mol. The maximum Gasteiger partial charge on any atom is 0.413 e. The molecule has 0 bridgehead atoms. The van der Waals surface area contributed by atoms with Gasteiger partial charge in [0.2, 0.25) is 0 Å². The van der Waals surface area contributed by atoms with Gasteiger partial charge in [0.05, 0.1) is 6.61 Å². The van der Waals surface area contributed by atoms with Gasteiger partial charge in [-0.15, -0.1) is 0 Å². The first kappa shape index (κ1) is 14.5. The van der Waals surface area contributed by atoms with Crippen molar-refractivity contribution in [3.8, 4) is 0 Å². The standard InChI is InChI=1S/C15H19NO4/c1-11(17)13-10-20-15(2,3)16(13)14(18)19-9-12-7-5-4-6-8-12/h4-8,13H,9-10H2,1-3H3/t13-/m1/s1. The lowest BCUT2D eigenvalue weighted by molar-refractivity contribution is -0.121. The number of carbonyl (C=O) groups is 2. The number of ether oxygens (including phenoxy) is 2. The lowest BCUT2D eigenvalue weighted by Gasteiger charge is -2.31. The summed E-state index contributed by atoms with van der Waals surface area (Å²) in [5, 5.41) is 0. The van der Waals surface area contributed by atoms with Gasteiger partial charge in [-0.3, -0.25) is 9.69 Å². The highest BCUT2D eigenvalue weighted by molar-refractivity contribution is 5.86. The molecule has 0 aromatic heterocycles. The molecule has 1 aromatic rings. The molecule has 1 amide bonds. The number of carbonyl (C=O) groups excluding carboxylic acids is 2. The molecule has 20 heavy (non-hydrogen) atoms. The Morgan fingerprint density at radius 1 is 1.35 bits per heavy atom. The van der Waals surface area contributed by atoms with Crippen molar-refractivity contribution in [3.63, 3.8) is 0 Å². The van der Waals surface area contributed by atoms with Crippen LogP contribution in [0.2, 0.25) is 0 Å². The Morgan fingerprint density at radius 3 is 2.60 bits per heavy atom. The number of amides is 1. The predicted molar refractivity (Wildman–Crippen MR) is 73.0 cm³/mol. The van der Waals surface area contributed by atoms with Crippen molar-refractivity contribution in [3.05, 3.63) is 35.9 Å². The minimum atomic E-state index is -0.829. The summed E-state index contributed by atoms with van der Waals surface area (Å²) in [6, 6.07) is 8.83. The first-order valence-corrected chi connectivity index (χ1v) is 6.56. The topological polar surface area (TPSA) is 55.8 Å². The van der Waals surface area contributed by atoms with Gasteiger partial charge < -0.3 is 9.47 Å². The van der Waals surface area contributed by atoms with Gasteiger partial charge in [-0.2, -0.15) is 0 Å². The fourth-order valence-electron chi connectivity index (χ4n) is 2.24. The van der Waals surface area contributed by atoms with Crippen LogP contribution in [0.4, 0.5) is 4.79 Å². The lowest BCUT2D eigenvalue weighted by atomic mass is 10.1. The van der Waals surface area contributed by atoms with Gasteiger partial charge in [0.15, 0.2) is 5.78 Å². The SMILES string of the molecule is CC(=O)[C@H]1COC(C)(C)N1C(=O)OCc1ccccc1. The second-order valence-corrected chi connectivity index (χ2v) is 5.29. The Morgan fingerprint density at radius 2 is 2.00 bits per heavy atom. The fourth-order valence-corrected chi connectivity index (χ4v) is 2.24. The number of Topliss-reactive ketones (excluding diaryl/α,β-unsaturated/α-hetero) is 1. The van der Waals surface area contributed by atoms with Gasteiger partial charge in [0, 0.05) is 0 Å². The van der Waals surface area contributed by atoms with Crippen molar-refractivity contribution in [1.29, 1.82) is 0 Å². The molecule has 1 heterocycles. The van der Waals surface area contributed by atoms with Gasteiger partial charge in [-0.1, -0.05) is 30.3 Å². The van der Waals surface area contributed by atoms with E-state index in [0.717, 1.165) is 5.56 Å². The molecule has 0 N–H and O–H groups in total. The number of hydrogen-bond acceptors (Lipinski definition) is 4. The quantitative estimate of drug-likeness (QED) is 0.851. The largest absolute Gasteiger partial charge is 0.444 e. The molecule has 2 rings (SSSR count). The van der Waals surface area contributed by atoms with Crippen LogP contribution in [0.15, 0.2) is 30.3 Å². The smallest absolute Gasteiger partial charge is 0.413 e. The zero-order valence-corrected chi connectivity index (χ0v) is 12.0. The summed E-state index contributed by atoms with van der Waals surface area (Å²) >= 11 is 0. The fraction of sp³-hybridized carbons (Fsp3) is 0.467. The Balaban J connectivity index is 2.04. The van der Waals surface area contributed by atoms with E-state index >= 15 is 0 Å². The number of ketones is 1. The molecule has 1 saturated heterocycles. The van der Waals surface area contributed by atoms with Crippen LogP contribution in [0.5, 0.6) is 0 Å². The second-order valence-electron chi connectivity index (χ2n) is 5.29. The molecule has 0 saturated carbocycles. The highest BCUT2D eigenvalue weighted by atomic mass is 16.6. The van der Waals surface area contributed by atoms with Gasteiger partial charge in [-0.25, -0.2) is 4.79 Å². The van der Waals surface area contributed by atoms with Crippen molar-refractivity contribution in [2.24, 2.45) is 0 Å². The van der Waals surface area contributed by atoms with E-state index in [1.165, 1.54) is 11.8 Å². The van der Waals surface area contributed by atoms with E-state index < -0.39 is 17.9 Å². The van der Waals surface area contributed by atoms with E-state index in [0.29, 0.717) is 0 Å². The molecule has 1 aliphatic rings. The molecule has 108 valence electrons. The normalized spacial score (nSPS) is 20.8. The Kier molecular flexibility index (Phi) is 4.09. The van der Waals surface area contributed by atoms with E-state index in [4.69, 9.17) is 9.47 Å². The second kappa shape index (κ2) is 5.63. The summed E-state index contributed by atoms with van der Waals surface area (Å²) in [7, 11) is 0. The molecule has 0 unspecified atom stereocenters. The minimum Gasteiger partial charge on any atom is -0.444 e. The van der Waals surface area contributed by atoms with Crippen molar-refractivity contribution in [1.82, 2.24) is 4.90 Å². The van der Waals surface area contributed by atoms with Gasteiger partial charge in [0.1, 0.15) is 18.4 Å². The number of benzene rings is 1. The Hall–Kier alpha value is -1.88. The van der Waals surface area contributed by atoms with Crippen molar-refractivity contribution < 1.29 is 19.1 Å². The van der Waals surface area contributed by atoms with Crippen LogP contribution in [0, 0.1) is 0 Å². The summed E-state index contributed by atoms with van der Waals surface area (Å²) < 4.78 is 10.8. The Bertz CT molecular complexity index is 498. The third-order valence-corrected chi connectivity index (χ3v) is 3.36. The van der Waals surface area contributed by atoms with Crippen molar-refractivity contribution in [2.45, 2.75) is 39.1 Å². The average molecular weight is 277 g/mol. The molecule has 1 atom stereocenters. The van der Waals surface area contributed by atoms with Crippen LogP contribution < -0.4 is 0 Å². The predicted octanol–water partition coefficient (Wildman–Crippen LogP) is 2.35. The van der Waals surface area contributed by atoms with E-state index in [9.17, 15) is 9.59 Å². The zero-order chi connectivity index (χ0) is 14.8. The molecular formula is C15H19NO4. The highest BCUT2D eigenvalue weighted by Crippen LogP contribution is 2.28. The van der Waals surface area contributed by atoms with Gasteiger partial charge in [-0.05, 0) is 26.3 Å². The third kappa shape index (κ3) is 2.99. The van der Waals surface area contributed by atoms with Crippen LogP contribution in [0.25, 0.3) is 0 Å². The van der Waals surface area contributed by atoms with Crippen LogP contribution in [-0.4, -0.2) is 35.2 Å². The van der Waals surface area contributed by atoms with Crippen LogP contribution >= 0.6 is 0 Å². The molecule has 0 spiro atoms. The summed E-state index contributed by atoms with van der Waals surface area (Å²) in [4.78, 5) is 25.2. The third-order valence-electron chi connectivity index (χ3n) is 3.36. The lowest BCUT2D eigenvalue weighted by Crippen LogP contribution is -2.50. The molecule has 0 radical (unpaired) electrons. The van der Waals surface area contributed by atoms with Gasteiger partial charge in [0.25, 0.3) is 0 Å². The first-order valence-electron chi connectivity index (χ1n) is 6.56.